The molecule has 0 bridgehead atoms. The second kappa shape index (κ2) is 62.2. The minimum absolute atomic E-state index is 0.0280. The van der Waals surface area contributed by atoms with Crippen LogP contribution in [0.15, 0.2) is 60.8 Å². The lowest BCUT2D eigenvalue weighted by molar-refractivity contribution is -0.870. The van der Waals surface area contributed by atoms with Crippen molar-refractivity contribution in [2.24, 2.45) is 0 Å². The average Bonchev–Trinajstić information content (AvgIpc) is 3.43. The molecule has 9 nitrogen and oxygen atoms in total. The summed E-state index contributed by atoms with van der Waals surface area (Å²) in [5.74, 6) is -0.813. The molecule has 0 spiro atoms. The average molecular weight is 1160 g/mol. The minimum atomic E-state index is -4.64. The zero-order chi connectivity index (χ0) is 59.1. The summed E-state index contributed by atoms with van der Waals surface area (Å²) in [6.07, 6.45) is 81.7. The highest BCUT2D eigenvalue weighted by atomic mass is 31.2. The monoisotopic (exact) mass is 1160 g/mol. The molecule has 10 heteroatoms. The summed E-state index contributed by atoms with van der Waals surface area (Å²) >= 11 is 0. The van der Waals surface area contributed by atoms with Crippen molar-refractivity contribution < 1.29 is 42.1 Å². The van der Waals surface area contributed by atoms with E-state index in [1.54, 1.807) is 0 Å². The summed E-state index contributed by atoms with van der Waals surface area (Å²) in [4.78, 5) is 38.0. The van der Waals surface area contributed by atoms with Gasteiger partial charge in [-0.1, -0.05) is 319 Å². The summed E-state index contributed by atoms with van der Waals surface area (Å²) in [7, 11) is 1.18. The summed E-state index contributed by atoms with van der Waals surface area (Å²) in [6.45, 7) is 4.18. The van der Waals surface area contributed by atoms with Crippen LogP contribution in [0.3, 0.4) is 0 Å². The van der Waals surface area contributed by atoms with Crippen molar-refractivity contribution in [1.82, 2.24) is 0 Å². The van der Waals surface area contributed by atoms with E-state index in [9.17, 15) is 19.0 Å². The Morgan fingerprint density at radius 1 is 0.395 bits per heavy atom. The van der Waals surface area contributed by atoms with Crippen molar-refractivity contribution in [2.75, 3.05) is 47.5 Å². The van der Waals surface area contributed by atoms with E-state index in [1.165, 1.54) is 231 Å². The molecular formula is C71H132NO8P. The number of carbonyl (C=O) groups excluding carboxylic acids is 2. The molecular weight excluding hydrogens is 1030 g/mol. The number of rotatable bonds is 64. The quantitative estimate of drug-likeness (QED) is 0.0195. The molecule has 2 atom stereocenters. The van der Waals surface area contributed by atoms with Gasteiger partial charge in [-0.05, 0) is 57.8 Å². The lowest BCUT2D eigenvalue weighted by atomic mass is 10.0. The van der Waals surface area contributed by atoms with Crippen LogP contribution in [0, 0.1) is 0 Å². The van der Waals surface area contributed by atoms with Crippen LogP contribution in [0.1, 0.15) is 328 Å². The highest BCUT2D eigenvalue weighted by Gasteiger charge is 2.22. The smallest absolute Gasteiger partial charge is 0.306 e. The summed E-state index contributed by atoms with van der Waals surface area (Å²) < 4.78 is 34.3. The van der Waals surface area contributed by atoms with E-state index >= 15 is 0 Å². The fourth-order valence-corrected chi connectivity index (χ4v) is 10.8. The van der Waals surface area contributed by atoms with Crippen molar-refractivity contribution in [3.63, 3.8) is 0 Å². The van der Waals surface area contributed by atoms with Crippen molar-refractivity contribution in [3.05, 3.63) is 60.8 Å². The third-order valence-corrected chi connectivity index (χ3v) is 16.3. The zero-order valence-corrected chi connectivity index (χ0v) is 54.9. The first-order chi connectivity index (χ1) is 39.5. The highest BCUT2D eigenvalue weighted by molar-refractivity contribution is 7.45. The largest absolute Gasteiger partial charge is 0.756 e. The van der Waals surface area contributed by atoms with Gasteiger partial charge < -0.3 is 27.9 Å². The lowest BCUT2D eigenvalue weighted by Gasteiger charge is -2.28. The van der Waals surface area contributed by atoms with Gasteiger partial charge in [-0.15, -0.1) is 0 Å². The Kier molecular flexibility index (Phi) is 60.5. The molecule has 0 heterocycles. The molecule has 81 heavy (non-hydrogen) atoms. The van der Waals surface area contributed by atoms with Gasteiger partial charge in [0, 0.05) is 12.8 Å². The molecule has 0 aromatic heterocycles. The van der Waals surface area contributed by atoms with E-state index in [1.807, 2.05) is 21.1 Å². The molecule has 0 radical (unpaired) electrons. The Morgan fingerprint density at radius 2 is 0.704 bits per heavy atom. The zero-order valence-electron chi connectivity index (χ0n) is 54.0. The third-order valence-electron chi connectivity index (χ3n) is 15.3. The van der Waals surface area contributed by atoms with E-state index in [0.29, 0.717) is 17.4 Å². The molecule has 0 aliphatic heterocycles. The van der Waals surface area contributed by atoms with Gasteiger partial charge in [0.25, 0.3) is 7.82 Å². The molecule has 0 aliphatic carbocycles. The number of phosphoric ester groups is 1. The molecule has 0 aromatic carbocycles. The number of allylic oxidation sites excluding steroid dienone is 10. The van der Waals surface area contributed by atoms with Crippen LogP contribution in [0.4, 0.5) is 0 Å². The van der Waals surface area contributed by atoms with E-state index in [-0.39, 0.29) is 32.0 Å². The van der Waals surface area contributed by atoms with Crippen LogP contribution in [0.5, 0.6) is 0 Å². The Labute approximate surface area is 502 Å². The van der Waals surface area contributed by atoms with Crippen LogP contribution >= 0.6 is 7.82 Å². The number of ether oxygens (including phenoxy) is 2. The van der Waals surface area contributed by atoms with Crippen molar-refractivity contribution in [2.45, 2.75) is 335 Å². The summed E-state index contributed by atoms with van der Waals surface area (Å²) in [5.41, 5.74) is 0. The first kappa shape index (κ1) is 78.7. The number of likely N-dealkylation sites (N-methyl/N-ethyl adjacent to an activating group) is 1. The van der Waals surface area contributed by atoms with E-state index in [4.69, 9.17) is 18.5 Å². The molecule has 0 aromatic rings. The fraction of sp³-hybridized carbons (Fsp3) is 0.831. The van der Waals surface area contributed by atoms with Gasteiger partial charge in [0.15, 0.2) is 6.10 Å². The summed E-state index contributed by atoms with van der Waals surface area (Å²) in [6, 6.07) is 0. The van der Waals surface area contributed by atoms with Gasteiger partial charge >= 0.3 is 11.9 Å². The maximum atomic E-state index is 12.8. The number of hydrogen-bond acceptors (Lipinski definition) is 8. The number of esters is 2. The Hall–Kier alpha value is -2.29. The number of nitrogens with zero attached hydrogens (tertiary/aromatic N) is 1. The number of unbranched alkanes of at least 4 members (excludes halogenated alkanes) is 40. The van der Waals surface area contributed by atoms with Crippen LogP contribution < -0.4 is 4.89 Å². The molecule has 0 rings (SSSR count). The van der Waals surface area contributed by atoms with E-state index in [2.05, 4.69) is 74.6 Å². The Morgan fingerprint density at radius 3 is 1.05 bits per heavy atom. The highest BCUT2D eigenvalue weighted by Crippen LogP contribution is 2.38. The maximum Gasteiger partial charge on any atom is 0.306 e. The standard InChI is InChI=1S/C71H132NO8P/c1-6-8-10-12-14-16-18-20-22-24-26-27-28-29-30-31-32-33-34-35-36-37-38-39-40-41-42-43-44-45-46-48-50-52-54-56-58-60-62-64-71(74)80-69(68-79-81(75,76)78-66-65-72(3,4)5)67-77-70(73)63-61-59-57-55-53-51-49-47-25-23-21-19-17-15-13-11-9-7-2/h8,10,14,16,20,22,26-27,29-30,69H,6-7,9,11-13,15,17-19,21,23-25,28,31-68H2,1-5H3/b10-8-,16-14-,22-20-,27-26-,30-29-. The van der Waals surface area contributed by atoms with Gasteiger partial charge in [-0.25, -0.2) is 0 Å². The second-order valence-electron chi connectivity index (χ2n) is 24.5. The maximum absolute atomic E-state index is 12.8. The Bertz CT molecular complexity index is 1550. The SMILES string of the molecule is CC/C=C\C/C=C\C/C=C\C/C=C\C/C=C\CCCCCCCCCCCCCCCCCCCCCCCCCC(=O)OC(COC(=O)CCCCCCCCCCCCCCCCCCCC)COP(=O)([O-])OCC[N+](C)(C)C. The lowest BCUT2D eigenvalue weighted by Crippen LogP contribution is -2.37. The first-order valence-corrected chi connectivity index (χ1v) is 36.0. The predicted molar refractivity (Wildman–Crippen MR) is 347 cm³/mol. The molecule has 0 fully saturated rings. The van der Waals surface area contributed by atoms with Crippen molar-refractivity contribution >= 4 is 19.8 Å². The van der Waals surface area contributed by atoms with Crippen molar-refractivity contribution in [1.29, 1.82) is 0 Å². The fourth-order valence-electron chi connectivity index (χ4n) is 10.0. The van der Waals surface area contributed by atoms with Crippen LogP contribution in [0.2, 0.25) is 0 Å². The van der Waals surface area contributed by atoms with Crippen LogP contribution in [0.25, 0.3) is 0 Å². The number of hydrogen-bond donors (Lipinski definition) is 0. The van der Waals surface area contributed by atoms with E-state index < -0.39 is 26.5 Å². The Balaban J connectivity index is 3.92. The second-order valence-corrected chi connectivity index (χ2v) is 25.9. The number of phosphoric acid groups is 1. The number of carbonyl (C=O) groups is 2. The van der Waals surface area contributed by atoms with Crippen LogP contribution in [-0.4, -0.2) is 70.0 Å². The van der Waals surface area contributed by atoms with Gasteiger partial charge in [0.1, 0.15) is 19.8 Å². The normalized spacial score (nSPS) is 13.5. The number of quaternary nitrogens is 1. The topological polar surface area (TPSA) is 111 Å². The molecule has 0 aliphatic rings. The third kappa shape index (κ3) is 66.7. The van der Waals surface area contributed by atoms with E-state index in [0.717, 1.165) is 64.2 Å². The van der Waals surface area contributed by atoms with Crippen LogP contribution in [-0.2, 0) is 32.7 Å². The first-order valence-electron chi connectivity index (χ1n) is 34.5. The molecule has 0 amide bonds. The van der Waals surface area contributed by atoms with Gasteiger partial charge in [-0.3, -0.25) is 14.2 Å². The molecule has 2 unspecified atom stereocenters. The van der Waals surface area contributed by atoms with Gasteiger partial charge in [0.05, 0.1) is 27.7 Å². The van der Waals surface area contributed by atoms with Gasteiger partial charge in [0.2, 0.25) is 0 Å². The van der Waals surface area contributed by atoms with Gasteiger partial charge in [-0.2, -0.15) is 0 Å². The molecule has 0 saturated heterocycles. The molecule has 474 valence electrons. The molecule has 0 N–H and O–H groups in total. The molecule has 0 saturated carbocycles. The predicted octanol–water partition coefficient (Wildman–Crippen LogP) is 21.6. The van der Waals surface area contributed by atoms with Crippen molar-refractivity contribution in [3.8, 4) is 0 Å². The minimum Gasteiger partial charge on any atom is -0.756 e. The summed E-state index contributed by atoms with van der Waals surface area (Å²) in [5, 5.41) is 0.